The van der Waals surface area contributed by atoms with Gasteiger partial charge in [0.15, 0.2) is 0 Å². The fraction of sp³-hybridized carbons (Fsp3) is 0.235. The van der Waals surface area contributed by atoms with Gasteiger partial charge >= 0.3 is 0 Å². The van der Waals surface area contributed by atoms with Crippen LogP contribution < -0.4 is 0 Å². The van der Waals surface area contributed by atoms with E-state index in [0.29, 0.717) is 24.4 Å². The molecule has 3 aromatic heterocycles. The van der Waals surface area contributed by atoms with Crippen LogP contribution in [0.25, 0.3) is 0 Å². The minimum atomic E-state index is -0.0241. The fourth-order valence-electron chi connectivity index (χ4n) is 2.41. The van der Waals surface area contributed by atoms with Crippen LogP contribution >= 0.6 is 11.3 Å². The van der Waals surface area contributed by atoms with Gasteiger partial charge in [-0.3, -0.25) is 4.79 Å². The Balaban J connectivity index is 1.86. The molecule has 0 radical (unpaired) electrons. The quantitative estimate of drug-likeness (QED) is 0.701. The molecule has 0 aromatic carbocycles. The highest BCUT2D eigenvalue weighted by molar-refractivity contribution is 7.09. The SMILES string of the molecule is Cc1cc(C(=O)N(Cc2ccoc2)Cc2cccs2)c(C)o1. The van der Waals surface area contributed by atoms with Gasteiger partial charge < -0.3 is 13.7 Å². The predicted molar refractivity (Wildman–Crippen MR) is 84.8 cm³/mol. The molecule has 5 heteroatoms. The number of nitrogens with zero attached hydrogens (tertiary/aromatic N) is 1. The molecule has 0 aliphatic carbocycles. The minimum absolute atomic E-state index is 0.0241. The van der Waals surface area contributed by atoms with Crippen LogP contribution in [0.4, 0.5) is 0 Å². The first-order chi connectivity index (χ1) is 10.6. The molecule has 3 rings (SSSR count). The third-order valence-corrected chi connectivity index (χ3v) is 4.30. The van der Waals surface area contributed by atoms with Gasteiger partial charge in [-0.05, 0) is 37.4 Å². The van der Waals surface area contributed by atoms with Crippen LogP contribution in [0.15, 0.2) is 51.0 Å². The Hall–Kier alpha value is -2.27. The summed E-state index contributed by atoms with van der Waals surface area (Å²) < 4.78 is 10.6. The number of amides is 1. The van der Waals surface area contributed by atoms with E-state index in [1.807, 2.05) is 42.3 Å². The van der Waals surface area contributed by atoms with Crippen molar-refractivity contribution in [3.8, 4) is 0 Å². The zero-order valence-electron chi connectivity index (χ0n) is 12.5. The normalized spacial score (nSPS) is 10.8. The van der Waals surface area contributed by atoms with Gasteiger partial charge in [0.05, 0.1) is 24.6 Å². The number of carbonyl (C=O) groups is 1. The molecule has 0 aliphatic rings. The Labute approximate surface area is 133 Å². The zero-order valence-corrected chi connectivity index (χ0v) is 13.4. The monoisotopic (exact) mass is 315 g/mol. The number of carbonyl (C=O) groups excluding carboxylic acids is 1. The third kappa shape index (κ3) is 3.14. The molecule has 0 saturated heterocycles. The van der Waals surface area contributed by atoms with Gasteiger partial charge in [0.1, 0.15) is 11.5 Å². The molecule has 1 amide bonds. The average molecular weight is 315 g/mol. The van der Waals surface area contributed by atoms with Crippen molar-refractivity contribution in [3.63, 3.8) is 0 Å². The van der Waals surface area contributed by atoms with E-state index in [0.717, 1.165) is 16.2 Å². The largest absolute Gasteiger partial charge is 0.472 e. The standard InChI is InChI=1S/C17H17NO3S/c1-12-8-16(13(2)21-12)17(19)18(9-14-5-6-20-11-14)10-15-4-3-7-22-15/h3-8,11H,9-10H2,1-2H3. The number of thiophene rings is 1. The molecule has 0 unspecified atom stereocenters. The maximum Gasteiger partial charge on any atom is 0.258 e. The van der Waals surface area contributed by atoms with Gasteiger partial charge in [-0.25, -0.2) is 0 Å². The summed E-state index contributed by atoms with van der Waals surface area (Å²) in [5.74, 6) is 1.38. The predicted octanol–water partition coefficient (Wildman–Crippen LogP) is 4.39. The van der Waals surface area contributed by atoms with Gasteiger partial charge in [-0.2, -0.15) is 0 Å². The first kappa shape index (κ1) is 14.7. The second-order valence-corrected chi connectivity index (χ2v) is 6.23. The smallest absolute Gasteiger partial charge is 0.258 e. The van der Waals surface area contributed by atoms with Gasteiger partial charge in [0.2, 0.25) is 0 Å². The highest BCUT2D eigenvalue weighted by atomic mass is 32.1. The number of hydrogen-bond acceptors (Lipinski definition) is 4. The van der Waals surface area contributed by atoms with E-state index in [-0.39, 0.29) is 5.91 Å². The molecule has 0 atom stereocenters. The summed E-state index contributed by atoms with van der Waals surface area (Å²) in [5.41, 5.74) is 1.60. The van der Waals surface area contributed by atoms with Crippen molar-refractivity contribution in [2.75, 3.05) is 0 Å². The third-order valence-electron chi connectivity index (χ3n) is 3.44. The molecule has 0 N–H and O–H groups in total. The van der Waals surface area contributed by atoms with Crippen molar-refractivity contribution in [1.82, 2.24) is 4.90 Å². The van der Waals surface area contributed by atoms with E-state index in [9.17, 15) is 4.79 Å². The maximum atomic E-state index is 12.9. The van der Waals surface area contributed by atoms with Crippen molar-refractivity contribution >= 4 is 17.2 Å². The van der Waals surface area contributed by atoms with E-state index in [1.54, 1.807) is 29.9 Å². The molecule has 4 nitrogen and oxygen atoms in total. The van der Waals surface area contributed by atoms with E-state index in [1.165, 1.54) is 0 Å². The first-order valence-electron chi connectivity index (χ1n) is 7.03. The van der Waals surface area contributed by atoms with Crippen LogP contribution in [-0.2, 0) is 13.1 Å². The summed E-state index contributed by atoms with van der Waals surface area (Å²) >= 11 is 1.65. The van der Waals surface area contributed by atoms with E-state index in [2.05, 4.69) is 0 Å². The summed E-state index contributed by atoms with van der Waals surface area (Å²) in [4.78, 5) is 15.8. The lowest BCUT2D eigenvalue weighted by atomic mass is 10.2. The van der Waals surface area contributed by atoms with E-state index in [4.69, 9.17) is 8.83 Å². The second kappa shape index (κ2) is 6.23. The zero-order chi connectivity index (χ0) is 15.5. The molecule has 22 heavy (non-hydrogen) atoms. The fourth-order valence-corrected chi connectivity index (χ4v) is 3.13. The van der Waals surface area contributed by atoms with Crippen molar-refractivity contribution in [1.29, 1.82) is 0 Å². The van der Waals surface area contributed by atoms with Crippen molar-refractivity contribution in [2.45, 2.75) is 26.9 Å². The molecule has 3 heterocycles. The highest BCUT2D eigenvalue weighted by Crippen LogP contribution is 2.21. The lowest BCUT2D eigenvalue weighted by Gasteiger charge is -2.21. The summed E-state index contributed by atoms with van der Waals surface area (Å²) in [7, 11) is 0. The summed E-state index contributed by atoms with van der Waals surface area (Å²) in [6, 6.07) is 7.71. The Morgan fingerprint density at radius 1 is 1.27 bits per heavy atom. The lowest BCUT2D eigenvalue weighted by Crippen LogP contribution is -2.29. The number of furan rings is 2. The Morgan fingerprint density at radius 3 is 2.73 bits per heavy atom. The van der Waals surface area contributed by atoms with Gasteiger partial charge in [0.25, 0.3) is 5.91 Å². The summed E-state index contributed by atoms with van der Waals surface area (Å²) in [5, 5.41) is 2.02. The maximum absolute atomic E-state index is 12.9. The molecule has 0 saturated carbocycles. The van der Waals surface area contributed by atoms with Crippen LogP contribution in [-0.4, -0.2) is 10.8 Å². The van der Waals surface area contributed by atoms with Crippen LogP contribution in [0.2, 0.25) is 0 Å². The van der Waals surface area contributed by atoms with Crippen LogP contribution in [0, 0.1) is 13.8 Å². The molecule has 114 valence electrons. The molecular weight excluding hydrogens is 298 g/mol. The van der Waals surface area contributed by atoms with Crippen LogP contribution in [0.3, 0.4) is 0 Å². The lowest BCUT2D eigenvalue weighted by molar-refractivity contribution is 0.0730. The second-order valence-electron chi connectivity index (χ2n) is 5.20. The van der Waals surface area contributed by atoms with Crippen molar-refractivity contribution < 1.29 is 13.6 Å². The van der Waals surface area contributed by atoms with E-state index >= 15 is 0 Å². The topological polar surface area (TPSA) is 46.6 Å². The van der Waals surface area contributed by atoms with Gasteiger partial charge in [-0.1, -0.05) is 6.07 Å². The average Bonchev–Trinajstić information content (AvgIpc) is 3.20. The van der Waals surface area contributed by atoms with Crippen molar-refractivity contribution in [3.05, 3.63) is 69.7 Å². The molecule has 0 spiro atoms. The van der Waals surface area contributed by atoms with Crippen LogP contribution in [0.1, 0.15) is 32.3 Å². The molecule has 0 fully saturated rings. The van der Waals surface area contributed by atoms with Crippen molar-refractivity contribution in [2.24, 2.45) is 0 Å². The highest BCUT2D eigenvalue weighted by Gasteiger charge is 2.21. The number of aryl methyl sites for hydroxylation is 2. The van der Waals surface area contributed by atoms with Crippen LogP contribution in [0.5, 0.6) is 0 Å². The first-order valence-corrected chi connectivity index (χ1v) is 7.91. The van der Waals surface area contributed by atoms with Gasteiger partial charge in [0, 0.05) is 17.0 Å². The molecule has 0 aliphatic heterocycles. The number of rotatable bonds is 5. The Bertz CT molecular complexity index is 705. The van der Waals surface area contributed by atoms with Gasteiger partial charge in [-0.15, -0.1) is 11.3 Å². The Morgan fingerprint density at radius 2 is 2.14 bits per heavy atom. The van der Waals surface area contributed by atoms with E-state index < -0.39 is 0 Å². The molecular formula is C17H17NO3S. The number of hydrogen-bond donors (Lipinski definition) is 0. The minimum Gasteiger partial charge on any atom is -0.472 e. The summed E-state index contributed by atoms with van der Waals surface area (Å²) in [6.45, 7) is 4.76. The summed E-state index contributed by atoms with van der Waals surface area (Å²) in [6.07, 6.45) is 3.29. The Kier molecular flexibility index (Phi) is 4.15. The molecule has 3 aromatic rings. The molecule has 0 bridgehead atoms.